The van der Waals surface area contributed by atoms with Crippen molar-refractivity contribution in [2.75, 3.05) is 0 Å². The molecule has 0 atom stereocenters. The number of rotatable bonds is 3. The zero-order valence-electron chi connectivity index (χ0n) is 9.48. The SMILES string of the molecule is OCc1ccc(Cc2cc3c(o2)CCC=C3)s1. The van der Waals surface area contributed by atoms with Crippen LogP contribution < -0.4 is 0 Å². The highest BCUT2D eigenvalue weighted by Crippen LogP contribution is 2.26. The molecule has 2 aromatic rings. The molecule has 0 bridgehead atoms. The van der Waals surface area contributed by atoms with Crippen LogP contribution in [0.2, 0.25) is 0 Å². The summed E-state index contributed by atoms with van der Waals surface area (Å²) in [6, 6.07) is 6.17. The standard InChI is InChI=1S/C14H14O2S/c15-9-13-6-5-12(17-13)8-11-7-10-3-1-2-4-14(10)16-11/h1,3,5-7,15H,2,4,8-9H2. The number of allylic oxidation sites excluding steroid dienone is 1. The molecule has 0 saturated carbocycles. The smallest absolute Gasteiger partial charge is 0.111 e. The lowest BCUT2D eigenvalue weighted by Gasteiger charge is -2.00. The van der Waals surface area contributed by atoms with Gasteiger partial charge in [-0.15, -0.1) is 11.3 Å². The summed E-state index contributed by atoms with van der Waals surface area (Å²) in [7, 11) is 0. The van der Waals surface area contributed by atoms with Crippen molar-refractivity contribution >= 4 is 17.4 Å². The van der Waals surface area contributed by atoms with E-state index in [1.54, 1.807) is 11.3 Å². The molecule has 1 N–H and O–H groups in total. The molecule has 2 nitrogen and oxygen atoms in total. The van der Waals surface area contributed by atoms with Gasteiger partial charge in [0.15, 0.2) is 0 Å². The van der Waals surface area contributed by atoms with Gasteiger partial charge in [-0.05, 0) is 24.6 Å². The third-order valence-electron chi connectivity index (χ3n) is 2.95. The highest BCUT2D eigenvalue weighted by Gasteiger charge is 2.12. The Morgan fingerprint density at radius 3 is 2.94 bits per heavy atom. The fourth-order valence-corrected chi connectivity index (χ4v) is 3.01. The lowest BCUT2D eigenvalue weighted by Crippen LogP contribution is -1.87. The Hall–Kier alpha value is -1.32. The molecule has 0 amide bonds. The van der Waals surface area contributed by atoms with Crippen LogP contribution in [-0.4, -0.2) is 5.11 Å². The van der Waals surface area contributed by atoms with Gasteiger partial charge in [0.25, 0.3) is 0 Å². The maximum atomic E-state index is 9.03. The first-order chi connectivity index (χ1) is 8.35. The van der Waals surface area contributed by atoms with Gasteiger partial charge < -0.3 is 9.52 Å². The topological polar surface area (TPSA) is 33.4 Å². The second-order valence-electron chi connectivity index (χ2n) is 4.24. The number of fused-ring (bicyclic) bond motifs is 1. The zero-order chi connectivity index (χ0) is 11.7. The molecule has 1 aliphatic rings. The van der Waals surface area contributed by atoms with E-state index in [-0.39, 0.29) is 6.61 Å². The minimum atomic E-state index is 0.127. The van der Waals surface area contributed by atoms with E-state index < -0.39 is 0 Å². The summed E-state index contributed by atoms with van der Waals surface area (Å²) in [6.07, 6.45) is 7.24. The van der Waals surface area contributed by atoms with Crippen molar-refractivity contribution in [3.05, 3.63) is 51.1 Å². The average Bonchev–Trinajstić information content (AvgIpc) is 2.94. The average molecular weight is 246 g/mol. The third-order valence-corrected chi connectivity index (χ3v) is 4.02. The Morgan fingerprint density at radius 1 is 1.29 bits per heavy atom. The molecular weight excluding hydrogens is 232 g/mol. The number of hydrogen-bond acceptors (Lipinski definition) is 3. The van der Waals surface area contributed by atoms with Gasteiger partial charge >= 0.3 is 0 Å². The van der Waals surface area contributed by atoms with Crippen LogP contribution in [0.25, 0.3) is 6.08 Å². The molecule has 0 aliphatic heterocycles. The number of aryl methyl sites for hydroxylation is 1. The molecule has 2 heterocycles. The number of hydrogen-bond donors (Lipinski definition) is 1. The van der Waals surface area contributed by atoms with Crippen LogP contribution in [0.1, 0.15) is 33.3 Å². The van der Waals surface area contributed by atoms with Crippen LogP contribution in [0.15, 0.2) is 28.7 Å². The maximum absolute atomic E-state index is 9.03. The molecule has 3 rings (SSSR count). The molecule has 2 aromatic heterocycles. The van der Waals surface area contributed by atoms with Gasteiger partial charge in [-0.25, -0.2) is 0 Å². The van der Waals surface area contributed by atoms with E-state index in [0.717, 1.165) is 35.7 Å². The van der Waals surface area contributed by atoms with Crippen LogP contribution in [0, 0.1) is 0 Å². The van der Waals surface area contributed by atoms with Crippen LogP contribution >= 0.6 is 11.3 Å². The van der Waals surface area contributed by atoms with Gasteiger partial charge in [0.2, 0.25) is 0 Å². The van der Waals surface area contributed by atoms with Crippen LogP contribution in [0.3, 0.4) is 0 Å². The van der Waals surface area contributed by atoms with Gasteiger partial charge in [-0.3, -0.25) is 0 Å². The number of aliphatic hydroxyl groups excluding tert-OH is 1. The van der Waals surface area contributed by atoms with Crippen molar-refractivity contribution in [3.8, 4) is 0 Å². The summed E-state index contributed by atoms with van der Waals surface area (Å²) >= 11 is 1.65. The summed E-state index contributed by atoms with van der Waals surface area (Å²) in [5, 5.41) is 9.03. The molecule has 0 saturated heterocycles. The first kappa shape index (κ1) is 10.8. The van der Waals surface area contributed by atoms with E-state index in [1.807, 2.05) is 6.07 Å². The summed E-state index contributed by atoms with van der Waals surface area (Å²) in [4.78, 5) is 2.25. The van der Waals surface area contributed by atoms with E-state index in [2.05, 4.69) is 24.3 Å². The summed E-state index contributed by atoms with van der Waals surface area (Å²) in [5.41, 5.74) is 1.23. The second-order valence-corrected chi connectivity index (χ2v) is 5.49. The lowest BCUT2D eigenvalue weighted by molar-refractivity contribution is 0.285. The van der Waals surface area contributed by atoms with Crippen LogP contribution in [0.5, 0.6) is 0 Å². The highest BCUT2D eigenvalue weighted by atomic mass is 32.1. The Balaban J connectivity index is 1.81. The number of furan rings is 1. The van der Waals surface area contributed by atoms with Gasteiger partial charge in [0.05, 0.1) is 6.61 Å². The van der Waals surface area contributed by atoms with Crippen molar-refractivity contribution in [2.24, 2.45) is 0 Å². The molecule has 0 spiro atoms. The summed E-state index contributed by atoms with van der Waals surface area (Å²) < 4.78 is 5.85. The maximum Gasteiger partial charge on any atom is 0.111 e. The normalized spacial score (nSPS) is 13.9. The molecule has 1 aliphatic carbocycles. The van der Waals surface area contributed by atoms with Gasteiger partial charge in [-0.2, -0.15) is 0 Å². The van der Waals surface area contributed by atoms with Crippen LogP contribution in [0.4, 0.5) is 0 Å². The highest BCUT2D eigenvalue weighted by molar-refractivity contribution is 7.11. The predicted molar refractivity (Wildman–Crippen MR) is 69.1 cm³/mol. The molecule has 17 heavy (non-hydrogen) atoms. The molecular formula is C14H14O2S. The summed E-state index contributed by atoms with van der Waals surface area (Å²) in [5.74, 6) is 2.13. The minimum Gasteiger partial charge on any atom is -0.465 e. The molecule has 0 fully saturated rings. The predicted octanol–water partition coefficient (Wildman–Crippen LogP) is 3.38. The van der Waals surface area contributed by atoms with E-state index in [4.69, 9.17) is 9.52 Å². The number of thiophene rings is 1. The van der Waals surface area contributed by atoms with Crippen LogP contribution in [-0.2, 0) is 19.4 Å². The van der Waals surface area contributed by atoms with E-state index in [1.165, 1.54) is 10.4 Å². The van der Waals surface area contributed by atoms with Gasteiger partial charge in [-0.1, -0.05) is 12.2 Å². The first-order valence-corrected chi connectivity index (χ1v) is 6.63. The van der Waals surface area contributed by atoms with E-state index in [9.17, 15) is 0 Å². The van der Waals surface area contributed by atoms with Crippen molar-refractivity contribution in [3.63, 3.8) is 0 Å². The quantitative estimate of drug-likeness (QED) is 0.900. The first-order valence-electron chi connectivity index (χ1n) is 5.82. The second kappa shape index (κ2) is 4.51. The molecule has 88 valence electrons. The Kier molecular flexibility index (Phi) is 2.87. The van der Waals surface area contributed by atoms with Gasteiger partial charge in [0.1, 0.15) is 11.5 Å². The Morgan fingerprint density at radius 2 is 2.18 bits per heavy atom. The summed E-state index contributed by atoms with van der Waals surface area (Å²) in [6.45, 7) is 0.127. The largest absolute Gasteiger partial charge is 0.465 e. The minimum absolute atomic E-state index is 0.127. The van der Waals surface area contributed by atoms with Crippen molar-refractivity contribution in [2.45, 2.75) is 25.9 Å². The van der Waals surface area contributed by atoms with Crippen molar-refractivity contribution in [1.29, 1.82) is 0 Å². The fraction of sp³-hybridized carbons (Fsp3) is 0.286. The van der Waals surface area contributed by atoms with Crippen molar-refractivity contribution < 1.29 is 9.52 Å². The van der Waals surface area contributed by atoms with E-state index >= 15 is 0 Å². The van der Waals surface area contributed by atoms with E-state index in [0.29, 0.717) is 0 Å². The molecule has 0 radical (unpaired) electrons. The Labute approximate surface area is 104 Å². The third kappa shape index (κ3) is 2.21. The monoisotopic (exact) mass is 246 g/mol. The molecule has 3 heteroatoms. The Bertz CT molecular complexity index is 548. The molecule has 0 unspecified atom stereocenters. The van der Waals surface area contributed by atoms with Gasteiger partial charge in [0, 0.05) is 28.2 Å². The fourth-order valence-electron chi connectivity index (χ4n) is 2.12. The number of aliphatic hydroxyl groups is 1. The zero-order valence-corrected chi connectivity index (χ0v) is 10.3. The molecule has 0 aromatic carbocycles. The van der Waals surface area contributed by atoms with Crippen molar-refractivity contribution in [1.82, 2.24) is 0 Å². The lowest BCUT2D eigenvalue weighted by atomic mass is 10.1.